The van der Waals surface area contributed by atoms with Crippen LogP contribution < -0.4 is 5.32 Å². The smallest absolute Gasteiger partial charge is 0.329 e. The van der Waals surface area contributed by atoms with Gasteiger partial charge in [-0.05, 0) is 18.9 Å². The number of carboxylic acid groups (broad SMARTS) is 1. The van der Waals surface area contributed by atoms with Gasteiger partial charge in [-0.3, -0.25) is 0 Å². The minimum absolute atomic E-state index is 0.254. The Bertz CT molecular complexity index is 489. The molecule has 1 aliphatic rings. The lowest BCUT2D eigenvalue weighted by Gasteiger charge is -2.34. The van der Waals surface area contributed by atoms with Gasteiger partial charge in [0.15, 0.2) is 5.82 Å². The lowest BCUT2D eigenvalue weighted by Crippen LogP contribution is -2.48. The van der Waals surface area contributed by atoms with Gasteiger partial charge in [-0.2, -0.15) is 10.4 Å². The molecule has 1 aromatic rings. The largest absolute Gasteiger partial charge is 0.480 e. The molecule has 1 saturated carbocycles. The maximum absolute atomic E-state index is 11.5. The number of anilines is 1. The number of nitriles is 1. The molecule has 2 rings (SSSR count). The molecule has 0 saturated heterocycles. The van der Waals surface area contributed by atoms with Crippen molar-refractivity contribution in [3.05, 3.63) is 17.8 Å². The van der Waals surface area contributed by atoms with Crippen molar-refractivity contribution in [3.8, 4) is 6.07 Å². The minimum atomic E-state index is -1.01. The lowest BCUT2D eigenvalue weighted by atomic mass is 9.81. The molecule has 0 unspecified atom stereocenters. The summed E-state index contributed by atoms with van der Waals surface area (Å²) in [5.41, 5.74) is -0.698. The lowest BCUT2D eigenvalue weighted by molar-refractivity contribution is -0.143. The Morgan fingerprint density at radius 2 is 2.17 bits per heavy atom. The van der Waals surface area contributed by atoms with E-state index in [0.29, 0.717) is 18.4 Å². The van der Waals surface area contributed by atoms with Crippen molar-refractivity contribution in [2.24, 2.45) is 0 Å². The zero-order valence-electron chi connectivity index (χ0n) is 9.89. The van der Waals surface area contributed by atoms with Crippen molar-refractivity contribution in [1.82, 2.24) is 10.2 Å². The molecule has 0 atom stereocenters. The number of carboxylic acids is 1. The molecule has 0 aromatic carbocycles. The predicted molar refractivity (Wildman–Crippen MR) is 63.8 cm³/mol. The average Bonchev–Trinajstić information content (AvgIpc) is 2.40. The molecule has 94 valence electrons. The third-order valence-electron chi connectivity index (χ3n) is 3.32. The highest BCUT2D eigenvalue weighted by Gasteiger charge is 2.40. The molecule has 6 nitrogen and oxygen atoms in total. The van der Waals surface area contributed by atoms with Gasteiger partial charge in [0.1, 0.15) is 11.6 Å². The standard InChI is InChI=1S/C12H14N4O2/c13-8-9-4-7-14-16-10(9)15-12(11(17)18)5-2-1-3-6-12/h4,7H,1-3,5-6H2,(H,15,16)(H,17,18). The number of rotatable bonds is 3. The summed E-state index contributed by atoms with van der Waals surface area (Å²) < 4.78 is 0. The first-order valence-electron chi connectivity index (χ1n) is 5.91. The number of hydrogen-bond donors (Lipinski definition) is 2. The van der Waals surface area contributed by atoms with E-state index in [1.54, 1.807) is 0 Å². The number of nitrogens with one attached hydrogen (secondary N) is 1. The number of nitrogens with zero attached hydrogens (tertiary/aromatic N) is 3. The van der Waals surface area contributed by atoms with Crippen LogP contribution in [0.25, 0.3) is 0 Å². The fourth-order valence-corrected chi connectivity index (χ4v) is 2.29. The van der Waals surface area contributed by atoms with E-state index in [0.717, 1.165) is 19.3 Å². The van der Waals surface area contributed by atoms with E-state index in [1.807, 2.05) is 6.07 Å². The molecule has 6 heteroatoms. The van der Waals surface area contributed by atoms with Crippen LogP contribution in [0.1, 0.15) is 37.7 Å². The molecule has 1 fully saturated rings. The van der Waals surface area contributed by atoms with E-state index in [1.165, 1.54) is 12.3 Å². The third kappa shape index (κ3) is 2.25. The van der Waals surface area contributed by atoms with Gasteiger partial charge in [0, 0.05) is 0 Å². The van der Waals surface area contributed by atoms with E-state index in [9.17, 15) is 9.90 Å². The second-order valence-corrected chi connectivity index (χ2v) is 4.48. The van der Waals surface area contributed by atoms with Gasteiger partial charge in [0.05, 0.1) is 11.8 Å². The quantitative estimate of drug-likeness (QED) is 0.839. The Kier molecular flexibility index (Phi) is 3.42. The van der Waals surface area contributed by atoms with Gasteiger partial charge in [-0.25, -0.2) is 4.79 Å². The van der Waals surface area contributed by atoms with Crippen LogP contribution in [0.5, 0.6) is 0 Å². The predicted octanol–water partition coefficient (Wildman–Crippen LogP) is 1.55. The Morgan fingerprint density at radius 1 is 1.44 bits per heavy atom. The highest BCUT2D eigenvalue weighted by Crippen LogP contribution is 2.32. The maximum Gasteiger partial charge on any atom is 0.329 e. The molecular formula is C12H14N4O2. The van der Waals surface area contributed by atoms with E-state index < -0.39 is 11.5 Å². The Hall–Kier alpha value is -2.16. The van der Waals surface area contributed by atoms with E-state index in [2.05, 4.69) is 15.5 Å². The van der Waals surface area contributed by atoms with Crippen LogP contribution in [0, 0.1) is 11.3 Å². The molecule has 1 aliphatic carbocycles. The molecule has 18 heavy (non-hydrogen) atoms. The number of carbonyl (C=O) groups is 1. The Morgan fingerprint density at radius 3 is 2.78 bits per heavy atom. The normalized spacial score (nSPS) is 17.7. The molecule has 1 aromatic heterocycles. The zero-order valence-corrected chi connectivity index (χ0v) is 9.89. The molecule has 1 heterocycles. The monoisotopic (exact) mass is 246 g/mol. The van der Waals surface area contributed by atoms with Crippen molar-refractivity contribution in [2.75, 3.05) is 5.32 Å². The molecule has 2 N–H and O–H groups in total. The highest BCUT2D eigenvalue weighted by molar-refractivity contribution is 5.83. The second-order valence-electron chi connectivity index (χ2n) is 4.48. The fourth-order valence-electron chi connectivity index (χ4n) is 2.29. The van der Waals surface area contributed by atoms with Crippen molar-refractivity contribution >= 4 is 11.8 Å². The van der Waals surface area contributed by atoms with Gasteiger partial charge in [0.2, 0.25) is 0 Å². The van der Waals surface area contributed by atoms with Crippen molar-refractivity contribution < 1.29 is 9.90 Å². The van der Waals surface area contributed by atoms with Crippen LogP contribution in [-0.2, 0) is 4.79 Å². The van der Waals surface area contributed by atoms with Crippen LogP contribution in [0.15, 0.2) is 12.3 Å². The van der Waals surface area contributed by atoms with Crippen molar-refractivity contribution in [1.29, 1.82) is 5.26 Å². The van der Waals surface area contributed by atoms with Gasteiger partial charge in [0.25, 0.3) is 0 Å². The second kappa shape index (κ2) is 5.00. The van der Waals surface area contributed by atoms with Crippen LogP contribution in [-0.4, -0.2) is 26.8 Å². The Balaban J connectivity index is 2.29. The maximum atomic E-state index is 11.5. The summed E-state index contributed by atoms with van der Waals surface area (Å²) in [6, 6.07) is 3.50. The summed E-state index contributed by atoms with van der Waals surface area (Å²) in [6.45, 7) is 0. The van der Waals surface area contributed by atoms with Crippen LogP contribution in [0.2, 0.25) is 0 Å². The molecule has 0 bridgehead atoms. The van der Waals surface area contributed by atoms with E-state index in [4.69, 9.17) is 5.26 Å². The van der Waals surface area contributed by atoms with Gasteiger partial charge in [-0.1, -0.05) is 19.3 Å². The summed E-state index contributed by atoms with van der Waals surface area (Å²) in [5, 5.41) is 28.8. The average molecular weight is 246 g/mol. The SMILES string of the molecule is N#Cc1ccnnc1NC1(C(=O)O)CCCCC1. The van der Waals surface area contributed by atoms with Gasteiger partial charge >= 0.3 is 5.97 Å². The first-order chi connectivity index (χ1) is 8.68. The van der Waals surface area contributed by atoms with Crippen LogP contribution in [0.3, 0.4) is 0 Å². The van der Waals surface area contributed by atoms with Gasteiger partial charge in [-0.15, -0.1) is 5.10 Å². The Labute approximate surface area is 105 Å². The number of aromatic nitrogens is 2. The summed E-state index contributed by atoms with van der Waals surface area (Å²) in [4.78, 5) is 11.5. The summed E-state index contributed by atoms with van der Waals surface area (Å²) in [6.07, 6.45) is 5.27. The molecule has 0 radical (unpaired) electrons. The van der Waals surface area contributed by atoms with Crippen LogP contribution >= 0.6 is 0 Å². The number of aliphatic carboxylic acids is 1. The van der Waals surface area contributed by atoms with E-state index >= 15 is 0 Å². The highest BCUT2D eigenvalue weighted by atomic mass is 16.4. The number of hydrogen-bond acceptors (Lipinski definition) is 5. The molecule has 0 aliphatic heterocycles. The fraction of sp³-hybridized carbons (Fsp3) is 0.500. The van der Waals surface area contributed by atoms with Crippen molar-refractivity contribution in [2.45, 2.75) is 37.6 Å². The summed E-state index contributed by atoms with van der Waals surface area (Å²) in [7, 11) is 0. The summed E-state index contributed by atoms with van der Waals surface area (Å²) in [5.74, 6) is -0.638. The molecular weight excluding hydrogens is 232 g/mol. The summed E-state index contributed by atoms with van der Waals surface area (Å²) >= 11 is 0. The van der Waals surface area contributed by atoms with Crippen LogP contribution in [0.4, 0.5) is 5.82 Å². The van der Waals surface area contributed by atoms with Gasteiger partial charge < -0.3 is 10.4 Å². The van der Waals surface area contributed by atoms with E-state index in [-0.39, 0.29) is 5.82 Å². The third-order valence-corrected chi connectivity index (χ3v) is 3.32. The first kappa shape index (κ1) is 12.3. The molecule has 0 amide bonds. The van der Waals surface area contributed by atoms with Crippen molar-refractivity contribution in [3.63, 3.8) is 0 Å². The zero-order chi connectivity index (χ0) is 13.0. The topological polar surface area (TPSA) is 98.9 Å². The first-order valence-corrected chi connectivity index (χ1v) is 5.91. The minimum Gasteiger partial charge on any atom is -0.480 e. The molecule has 0 spiro atoms.